The number of nitrogens with zero attached hydrogens (tertiary/aromatic N) is 3. The van der Waals surface area contributed by atoms with Gasteiger partial charge in [-0.1, -0.05) is 0 Å². The molecule has 5 heteroatoms. The number of aromatic amines is 1. The molecule has 0 spiro atoms. The molecule has 0 bridgehead atoms. The predicted octanol–water partition coefficient (Wildman–Crippen LogP) is 1.34. The first-order valence-electron chi connectivity index (χ1n) is 2.82. The van der Waals surface area contributed by atoms with Crippen LogP contribution in [0.15, 0.2) is 10.0 Å². The van der Waals surface area contributed by atoms with Gasteiger partial charge in [-0.3, -0.25) is 5.10 Å². The van der Waals surface area contributed by atoms with Crippen LogP contribution in [0.1, 0.15) is 5.56 Å². The lowest BCUT2D eigenvalue weighted by Gasteiger charge is -1.86. The normalized spacial score (nSPS) is 9.09. The summed E-state index contributed by atoms with van der Waals surface area (Å²) in [5.74, 6) is 0.372. The fourth-order valence-electron chi connectivity index (χ4n) is 0.680. The van der Waals surface area contributed by atoms with E-state index in [2.05, 4.69) is 21.9 Å². The average molecular weight is 166 g/mol. The van der Waals surface area contributed by atoms with E-state index in [1.165, 1.54) is 11.8 Å². The van der Waals surface area contributed by atoms with Crippen LogP contribution in [0.4, 0.5) is 5.82 Å². The quantitative estimate of drug-likeness (QED) is 0.532. The summed E-state index contributed by atoms with van der Waals surface area (Å²) in [6.07, 6.45) is 1.86. The van der Waals surface area contributed by atoms with Gasteiger partial charge < -0.3 is 0 Å². The summed E-state index contributed by atoms with van der Waals surface area (Å²) < 4.78 is 0. The van der Waals surface area contributed by atoms with Crippen molar-refractivity contribution in [2.45, 2.75) is 5.03 Å². The summed E-state index contributed by atoms with van der Waals surface area (Å²) in [7, 11) is 0. The van der Waals surface area contributed by atoms with Crippen LogP contribution in [0.25, 0.3) is 0 Å². The molecule has 0 unspecified atom stereocenters. The molecular weight excluding hydrogens is 160 g/mol. The monoisotopic (exact) mass is 166 g/mol. The van der Waals surface area contributed by atoms with Crippen LogP contribution >= 0.6 is 11.8 Å². The van der Waals surface area contributed by atoms with Gasteiger partial charge >= 0.3 is 0 Å². The van der Waals surface area contributed by atoms with Crippen molar-refractivity contribution in [3.8, 4) is 6.07 Å². The maximum atomic E-state index is 8.64. The molecule has 0 amide bonds. The van der Waals surface area contributed by atoms with Gasteiger partial charge in [0.15, 0.2) is 5.82 Å². The molecule has 11 heavy (non-hydrogen) atoms. The van der Waals surface area contributed by atoms with Crippen molar-refractivity contribution in [3.05, 3.63) is 5.56 Å². The largest absolute Gasteiger partial charge is 0.268 e. The minimum absolute atomic E-state index is 0.372. The maximum absolute atomic E-state index is 8.64. The van der Waals surface area contributed by atoms with E-state index in [4.69, 9.17) is 5.26 Å². The zero-order valence-electron chi connectivity index (χ0n) is 5.96. The minimum atomic E-state index is 0.372. The summed E-state index contributed by atoms with van der Waals surface area (Å²) in [5.41, 5.74) is 0.465. The molecule has 0 saturated heterocycles. The van der Waals surface area contributed by atoms with Crippen LogP contribution < -0.4 is 0 Å². The van der Waals surface area contributed by atoms with Gasteiger partial charge in [-0.15, -0.1) is 11.8 Å². The molecule has 4 nitrogen and oxygen atoms in total. The van der Waals surface area contributed by atoms with Gasteiger partial charge in [0, 0.05) is 0 Å². The van der Waals surface area contributed by atoms with Crippen molar-refractivity contribution in [1.82, 2.24) is 10.2 Å². The lowest BCUT2D eigenvalue weighted by atomic mass is 10.4. The van der Waals surface area contributed by atoms with Gasteiger partial charge in [-0.05, 0) is 13.0 Å². The van der Waals surface area contributed by atoms with Crippen molar-refractivity contribution in [2.75, 3.05) is 6.26 Å². The summed E-state index contributed by atoms with van der Waals surface area (Å²) in [5, 5.41) is 15.8. The van der Waals surface area contributed by atoms with Gasteiger partial charge in [0.05, 0.1) is 0 Å². The molecule has 0 aliphatic carbocycles. The van der Waals surface area contributed by atoms with Crippen LogP contribution in [-0.2, 0) is 0 Å². The number of aromatic nitrogens is 2. The van der Waals surface area contributed by atoms with E-state index in [-0.39, 0.29) is 0 Å². The van der Waals surface area contributed by atoms with Crippen LogP contribution in [0, 0.1) is 11.3 Å². The number of rotatable bonds is 2. The topological polar surface area (TPSA) is 64.8 Å². The van der Waals surface area contributed by atoms with Gasteiger partial charge in [0.25, 0.3) is 0 Å². The third kappa shape index (κ3) is 1.25. The Morgan fingerprint density at radius 2 is 2.55 bits per heavy atom. The molecule has 0 fully saturated rings. The Labute approximate surface area is 68.3 Å². The Balaban J connectivity index is 3.22. The summed E-state index contributed by atoms with van der Waals surface area (Å²) in [4.78, 5) is 3.58. The van der Waals surface area contributed by atoms with Crippen LogP contribution in [0.2, 0.25) is 0 Å². The first kappa shape index (κ1) is 7.82. The highest BCUT2D eigenvalue weighted by atomic mass is 32.2. The van der Waals surface area contributed by atoms with E-state index in [9.17, 15) is 0 Å². The molecule has 1 N–H and O–H groups in total. The Bertz CT molecular complexity index is 309. The fraction of sp³-hybridized carbons (Fsp3) is 0.167. The maximum Gasteiger partial charge on any atom is 0.192 e. The molecule has 0 aliphatic rings. The molecule has 1 aromatic heterocycles. The van der Waals surface area contributed by atoms with Crippen LogP contribution in [-0.4, -0.2) is 23.2 Å². The number of nitriles is 1. The second-order valence-corrected chi connectivity index (χ2v) is 2.54. The highest BCUT2D eigenvalue weighted by molar-refractivity contribution is 7.98. The summed E-state index contributed by atoms with van der Waals surface area (Å²) in [6, 6.07) is 2.00. The number of aliphatic imine (C=N–C) groups is 1. The third-order valence-electron chi connectivity index (χ3n) is 1.18. The lowest BCUT2D eigenvalue weighted by molar-refractivity contribution is 1.00. The Kier molecular flexibility index (Phi) is 2.28. The van der Waals surface area contributed by atoms with E-state index in [0.29, 0.717) is 11.4 Å². The highest BCUT2D eigenvalue weighted by Gasteiger charge is 2.09. The molecule has 1 heterocycles. The predicted molar refractivity (Wildman–Crippen MR) is 44.3 cm³/mol. The van der Waals surface area contributed by atoms with E-state index >= 15 is 0 Å². The first-order valence-corrected chi connectivity index (χ1v) is 4.05. The van der Waals surface area contributed by atoms with Gasteiger partial charge in [0.1, 0.15) is 16.7 Å². The summed E-state index contributed by atoms with van der Waals surface area (Å²) in [6.45, 7) is 3.29. The number of nitrogens with one attached hydrogen (secondary N) is 1. The standard InChI is InChI=1S/C6H6N4S/c1-8-5-4(3-7)6(11-2)10-9-5/h1H2,2H3,(H,9,10). The Morgan fingerprint density at radius 3 is 3.00 bits per heavy atom. The van der Waals surface area contributed by atoms with Gasteiger partial charge in [-0.2, -0.15) is 10.4 Å². The average Bonchev–Trinajstić information content (AvgIpc) is 2.45. The Hall–Kier alpha value is -1.28. The SMILES string of the molecule is C=Nc1n[nH]c(SC)c1C#N. The molecule has 0 aliphatic heterocycles. The van der Waals surface area contributed by atoms with Crippen molar-refractivity contribution in [3.63, 3.8) is 0 Å². The molecule has 56 valence electrons. The minimum Gasteiger partial charge on any atom is -0.268 e. The van der Waals surface area contributed by atoms with Crippen LogP contribution in [0.3, 0.4) is 0 Å². The highest BCUT2D eigenvalue weighted by Crippen LogP contribution is 2.24. The van der Waals surface area contributed by atoms with Crippen molar-refractivity contribution < 1.29 is 0 Å². The first-order chi connectivity index (χ1) is 5.33. The molecule has 1 aromatic rings. The summed E-state index contributed by atoms with van der Waals surface area (Å²) >= 11 is 1.43. The van der Waals surface area contributed by atoms with E-state index in [0.717, 1.165) is 5.03 Å². The van der Waals surface area contributed by atoms with Crippen molar-refractivity contribution >= 4 is 24.3 Å². The van der Waals surface area contributed by atoms with E-state index in [1.54, 1.807) is 0 Å². The molecular formula is C6H6N4S. The van der Waals surface area contributed by atoms with Crippen LogP contribution in [0.5, 0.6) is 0 Å². The van der Waals surface area contributed by atoms with Crippen molar-refractivity contribution in [1.29, 1.82) is 5.26 Å². The molecule has 0 saturated carbocycles. The van der Waals surface area contributed by atoms with Gasteiger partial charge in [0.2, 0.25) is 0 Å². The van der Waals surface area contributed by atoms with E-state index < -0.39 is 0 Å². The number of hydrogen-bond donors (Lipinski definition) is 1. The third-order valence-corrected chi connectivity index (χ3v) is 1.88. The van der Waals surface area contributed by atoms with E-state index in [1.807, 2.05) is 12.3 Å². The molecule has 0 radical (unpaired) electrons. The number of H-pyrrole nitrogens is 1. The number of hydrogen-bond acceptors (Lipinski definition) is 4. The number of thioether (sulfide) groups is 1. The van der Waals surface area contributed by atoms with Crippen molar-refractivity contribution in [2.24, 2.45) is 4.99 Å². The fourth-order valence-corrected chi connectivity index (χ4v) is 1.16. The zero-order chi connectivity index (χ0) is 8.27. The molecule has 1 rings (SSSR count). The lowest BCUT2D eigenvalue weighted by Crippen LogP contribution is -1.72. The molecule has 0 aromatic carbocycles. The van der Waals surface area contributed by atoms with Gasteiger partial charge in [-0.25, -0.2) is 4.99 Å². The second-order valence-electron chi connectivity index (χ2n) is 1.73. The smallest absolute Gasteiger partial charge is 0.192 e. The molecule has 0 atom stereocenters. The zero-order valence-corrected chi connectivity index (χ0v) is 6.77. The Morgan fingerprint density at radius 1 is 1.82 bits per heavy atom. The second kappa shape index (κ2) is 3.21.